The van der Waals surface area contributed by atoms with E-state index in [0.717, 1.165) is 38.5 Å². The Morgan fingerprint density at radius 1 is 0.556 bits per heavy atom. The predicted molar refractivity (Wildman–Crippen MR) is 69.2 cm³/mol. The van der Waals surface area contributed by atoms with Gasteiger partial charge in [-0.15, -0.1) is 0 Å². The minimum absolute atomic E-state index is 0.688. The van der Waals surface area contributed by atoms with Gasteiger partial charge in [-0.25, -0.2) is 0 Å². The van der Waals surface area contributed by atoms with E-state index in [1.807, 2.05) is 0 Å². The van der Waals surface area contributed by atoms with E-state index in [4.69, 9.17) is 0 Å². The van der Waals surface area contributed by atoms with Crippen molar-refractivity contribution in [2.45, 2.75) is 51.4 Å². The smallest absolute Gasteiger partial charge is 0.101 e. The summed E-state index contributed by atoms with van der Waals surface area (Å²) in [7, 11) is 0. The second-order valence-electron chi connectivity index (χ2n) is 5.30. The van der Waals surface area contributed by atoms with E-state index in [0.29, 0.717) is 11.1 Å². The Hall–Kier alpha value is -1.80. The molecule has 2 aliphatic carbocycles. The molecule has 0 fully saturated rings. The van der Waals surface area contributed by atoms with Crippen molar-refractivity contribution in [2.75, 3.05) is 0 Å². The second-order valence-corrected chi connectivity index (χ2v) is 5.30. The van der Waals surface area contributed by atoms with Crippen molar-refractivity contribution < 1.29 is 0 Å². The van der Waals surface area contributed by atoms with Gasteiger partial charge in [-0.05, 0) is 73.6 Å². The maximum atomic E-state index is 9.41. The summed E-state index contributed by atoms with van der Waals surface area (Å²) in [5, 5.41) is 18.8. The summed E-state index contributed by atoms with van der Waals surface area (Å²) in [5.41, 5.74) is 6.61. The summed E-state index contributed by atoms with van der Waals surface area (Å²) in [5.74, 6) is 0. The standard InChI is InChI=1S/C16H16N2/c17-9-15-13-7-3-1-5-11(13)12-6-2-4-8-14(12)16(15)10-18/h1-8H2. The minimum Gasteiger partial charge on any atom is -0.192 e. The third-order valence-electron chi connectivity index (χ3n) is 4.38. The molecule has 2 heteroatoms. The Balaban J connectivity index is 2.35. The van der Waals surface area contributed by atoms with Crippen LogP contribution in [0.1, 0.15) is 59.1 Å². The molecule has 0 spiro atoms. The Morgan fingerprint density at radius 3 is 1.22 bits per heavy atom. The highest BCUT2D eigenvalue weighted by atomic mass is 14.3. The first-order chi connectivity index (χ1) is 8.86. The molecule has 0 aromatic heterocycles. The van der Waals surface area contributed by atoms with Crippen molar-refractivity contribution in [3.8, 4) is 12.1 Å². The molecule has 3 rings (SSSR count). The summed E-state index contributed by atoms with van der Waals surface area (Å²) in [6, 6.07) is 4.60. The minimum atomic E-state index is 0.688. The summed E-state index contributed by atoms with van der Waals surface area (Å²) in [6.45, 7) is 0. The highest BCUT2D eigenvalue weighted by molar-refractivity contribution is 5.62. The van der Waals surface area contributed by atoms with Crippen molar-refractivity contribution in [1.29, 1.82) is 10.5 Å². The monoisotopic (exact) mass is 236 g/mol. The highest BCUT2D eigenvalue weighted by Gasteiger charge is 2.26. The van der Waals surface area contributed by atoms with Gasteiger partial charge in [-0.3, -0.25) is 0 Å². The Morgan fingerprint density at radius 2 is 0.889 bits per heavy atom. The number of hydrogen-bond donors (Lipinski definition) is 0. The lowest BCUT2D eigenvalue weighted by Crippen LogP contribution is -2.17. The van der Waals surface area contributed by atoms with Gasteiger partial charge >= 0.3 is 0 Å². The van der Waals surface area contributed by atoms with Gasteiger partial charge in [-0.1, -0.05) is 0 Å². The van der Waals surface area contributed by atoms with E-state index in [-0.39, 0.29) is 0 Å². The molecule has 0 unspecified atom stereocenters. The van der Waals surface area contributed by atoms with Crippen LogP contribution in [0, 0.1) is 22.7 Å². The fourth-order valence-corrected chi connectivity index (χ4v) is 3.58. The number of nitrogens with zero attached hydrogens (tertiary/aromatic N) is 2. The van der Waals surface area contributed by atoms with Gasteiger partial charge < -0.3 is 0 Å². The maximum Gasteiger partial charge on any atom is 0.101 e. The Labute approximate surface area is 108 Å². The topological polar surface area (TPSA) is 47.6 Å². The average molecular weight is 236 g/mol. The van der Waals surface area contributed by atoms with Gasteiger partial charge in [0.15, 0.2) is 0 Å². The van der Waals surface area contributed by atoms with Crippen molar-refractivity contribution in [1.82, 2.24) is 0 Å². The molecule has 0 atom stereocenters. The molecule has 1 aromatic carbocycles. The lowest BCUT2D eigenvalue weighted by atomic mass is 9.76. The second kappa shape index (κ2) is 4.46. The molecule has 0 radical (unpaired) electrons. The summed E-state index contributed by atoms with van der Waals surface area (Å²) < 4.78 is 0. The largest absolute Gasteiger partial charge is 0.192 e. The zero-order valence-corrected chi connectivity index (χ0v) is 10.6. The zero-order valence-electron chi connectivity index (χ0n) is 10.6. The van der Waals surface area contributed by atoms with Crippen LogP contribution in [0.3, 0.4) is 0 Å². The number of nitriles is 2. The summed E-state index contributed by atoms with van der Waals surface area (Å²) in [4.78, 5) is 0. The molecule has 0 bridgehead atoms. The van der Waals surface area contributed by atoms with Crippen molar-refractivity contribution >= 4 is 0 Å². The van der Waals surface area contributed by atoms with Crippen LogP contribution >= 0.6 is 0 Å². The molecular weight excluding hydrogens is 220 g/mol. The third kappa shape index (κ3) is 1.53. The average Bonchev–Trinajstić information content (AvgIpc) is 2.45. The Kier molecular flexibility index (Phi) is 2.80. The quantitative estimate of drug-likeness (QED) is 0.694. The maximum absolute atomic E-state index is 9.41. The van der Waals surface area contributed by atoms with Gasteiger partial charge in [-0.2, -0.15) is 10.5 Å². The molecule has 90 valence electrons. The molecule has 0 amide bonds. The fraction of sp³-hybridized carbons (Fsp3) is 0.500. The van der Waals surface area contributed by atoms with Gasteiger partial charge in [0.25, 0.3) is 0 Å². The summed E-state index contributed by atoms with van der Waals surface area (Å²) in [6.07, 6.45) is 8.97. The van der Waals surface area contributed by atoms with Crippen molar-refractivity contribution in [2.24, 2.45) is 0 Å². The number of fused-ring (bicyclic) bond motifs is 3. The molecule has 1 aromatic rings. The van der Waals surface area contributed by atoms with Crippen LogP contribution in [0.25, 0.3) is 0 Å². The first-order valence-electron chi connectivity index (χ1n) is 6.86. The van der Waals surface area contributed by atoms with E-state index >= 15 is 0 Å². The van der Waals surface area contributed by atoms with E-state index in [2.05, 4.69) is 12.1 Å². The molecular formula is C16H16N2. The van der Waals surface area contributed by atoms with Crippen molar-refractivity contribution in [3.63, 3.8) is 0 Å². The Bertz CT molecular complexity index is 532. The number of hydrogen-bond acceptors (Lipinski definition) is 2. The lowest BCUT2D eigenvalue weighted by Gasteiger charge is -2.27. The zero-order chi connectivity index (χ0) is 12.5. The fourth-order valence-electron chi connectivity index (χ4n) is 3.58. The van der Waals surface area contributed by atoms with Gasteiger partial charge in [0.2, 0.25) is 0 Å². The number of benzene rings is 1. The molecule has 2 nitrogen and oxygen atoms in total. The van der Waals surface area contributed by atoms with Crippen LogP contribution < -0.4 is 0 Å². The predicted octanol–water partition coefficient (Wildman–Crippen LogP) is 3.19. The van der Waals surface area contributed by atoms with Crippen LogP contribution in [0.2, 0.25) is 0 Å². The molecule has 0 N–H and O–H groups in total. The molecule has 0 saturated heterocycles. The molecule has 0 aliphatic heterocycles. The molecule has 2 aliphatic rings. The summed E-state index contributed by atoms with van der Waals surface area (Å²) >= 11 is 0. The molecule has 18 heavy (non-hydrogen) atoms. The number of rotatable bonds is 0. The van der Waals surface area contributed by atoms with E-state index < -0.39 is 0 Å². The van der Waals surface area contributed by atoms with E-state index in [1.54, 1.807) is 0 Å². The molecule has 0 heterocycles. The van der Waals surface area contributed by atoms with Crippen molar-refractivity contribution in [3.05, 3.63) is 33.4 Å². The highest BCUT2D eigenvalue weighted by Crippen LogP contribution is 2.36. The van der Waals surface area contributed by atoms with E-state index in [1.165, 1.54) is 35.1 Å². The lowest BCUT2D eigenvalue weighted by molar-refractivity contribution is 0.638. The van der Waals surface area contributed by atoms with Crippen LogP contribution in [-0.4, -0.2) is 0 Å². The third-order valence-corrected chi connectivity index (χ3v) is 4.38. The van der Waals surface area contributed by atoms with E-state index in [9.17, 15) is 10.5 Å². The van der Waals surface area contributed by atoms with Crippen LogP contribution in [0.15, 0.2) is 0 Å². The van der Waals surface area contributed by atoms with Gasteiger partial charge in [0.1, 0.15) is 12.1 Å². The van der Waals surface area contributed by atoms with Crippen LogP contribution in [0.4, 0.5) is 0 Å². The van der Waals surface area contributed by atoms with Crippen LogP contribution in [0.5, 0.6) is 0 Å². The molecule has 0 saturated carbocycles. The van der Waals surface area contributed by atoms with Gasteiger partial charge in [0, 0.05) is 0 Å². The first kappa shape index (κ1) is 11.3. The van der Waals surface area contributed by atoms with Crippen LogP contribution in [-0.2, 0) is 25.7 Å². The SMILES string of the molecule is N#Cc1c(C#N)c2c(c3c1CCCC3)CCCC2. The first-order valence-corrected chi connectivity index (χ1v) is 6.86. The van der Waals surface area contributed by atoms with Gasteiger partial charge in [0.05, 0.1) is 11.1 Å². The normalized spacial score (nSPS) is 17.2.